The fourth-order valence-electron chi connectivity index (χ4n) is 0.722. The molecule has 1 aromatic rings. The molecule has 0 unspecified atom stereocenters. The minimum atomic E-state index is -0.627. The van der Waals surface area contributed by atoms with Crippen molar-refractivity contribution >= 4 is 21.8 Å². The van der Waals surface area contributed by atoms with E-state index < -0.39 is 11.7 Å². The van der Waals surface area contributed by atoms with Crippen LogP contribution in [0.3, 0.4) is 0 Å². The van der Waals surface area contributed by atoms with Crippen LogP contribution in [0.5, 0.6) is 0 Å². The first kappa shape index (κ1) is 9.12. The van der Waals surface area contributed by atoms with Gasteiger partial charge in [-0.2, -0.15) is 0 Å². The number of halogens is 2. The maximum Gasteiger partial charge on any atom is 0.254 e. The van der Waals surface area contributed by atoms with E-state index in [1.54, 1.807) is 0 Å². The van der Waals surface area contributed by atoms with Gasteiger partial charge in [-0.1, -0.05) is 0 Å². The van der Waals surface area contributed by atoms with Gasteiger partial charge in [-0.05, 0) is 22.0 Å². The van der Waals surface area contributed by atoms with E-state index >= 15 is 0 Å². The van der Waals surface area contributed by atoms with Crippen molar-refractivity contribution in [1.82, 2.24) is 10.3 Å². The van der Waals surface area contributed by atoms with Gasteiger partial charge < -0.3 is 5.32 Å². The van der Waals surface area contributed by atoms with E-state index in [2.05, 4.69) is 26.2 Å². The average Bonchev–Trinajstić information content (AvgIpc) is 2.08. The number of amides is 1. The normalized spacial score (nSPS) is 9.58. The van der Waals surface area contributed by atoms with Crippen LogP contribution in [0.25, 0.3) is 0 Å². The molecule has 1 aromatic heterocycles. The third-order valence-electron chi connectivity index (χ3n) is 1.29. The van der Waals surface area contributed by atoms with Gasteiger partial charge in [-0.25, -0.2) is 9.37 Å². The van der Waals surface area contributed by atoms with Crippen LogP contribution in [-0.2, 0) is 0 Å². The summed E-state index contributed by atoms with van der Waals surface area (Å²) in [4.78, 5) is 14.6. The maximum atomic E-state index is 12.9. The third-order valence-corrected chi connectivity index (χ3v) is 1.73. The molecular weight excluding hydrogens is 227 g/mol. The summed E-state index contributed by atoms with van der Waals surface area (Å²) in [7, 11) is 1.44. The standard InChI is InChI=1S/C7H6BrFN2O/c1-10-7(12)4-2-6(8)11-3-5(4)9/h2-3H,1H3,(H,10,12). The highest BCUT2D eigenvalue weighted by molar-refractivity contribution is 9.10. The Morgan fingerprint density at radius 2 is 2.42 bits per heavy atom. The Labute approximate surface area is 77.1 Å². The highest BCUT2D eigenvalue weighted by Gasteiger charge is 2.10. The summed E-state index contributed by atoms with van der Waals surface area (Å²) >= 11 is 3.04. The summed E-state index contributed by atoms with van der Waals surface area (Å²) in [5, 5.41) is 2.32. The first-order valence-corrected chi connectivity index (χ1v) is 3.97. The van der Waals surface area contributed by atoms with Crippen LogP contribution in [0.1, 0.15) is 10.4 Å². The molecule has 0 fully saturated rings. The van der Waals surface area contributed by atoms with Crippen LogP contribution in [-0.4, -0.2) is 17.9 Å². The summed E-state index contributed by atoms with van der Waals surface area (Å²) in [6.45, 7) is 0. The van der Waals surface area contributed by atoms with Crippen molar-refractivity contribution in [3.05, 3.63) is 28.2 Å². The summed E-state index contributed by atoms with van der Waals surface area (Å²) in [5.74, 6) is -1.09. The van der Waals surface area contributed by atoms with Gasteiger partial charge in [-0.15, -0.1) is 0 Å². The van der Waals surface area contributed by atoms with Crippen molar-refractivity contribution in [3.63, 3.8) is 0 Å². The topological polar surface area (TPSA) is 42.0 Å². The molecule has 1 N–H and O–H groups in total. The predicted molar refractivity (Wildman–Crippen MR) is 45.3 cm³/mol. The Morgan fingerprint density at radius 1 is 1.75 bits per heavy atom. The van der Waals surface area contributed by atoms with Crippen molar-refractivity contribution in [2.24, 2.45) is 0 Å². The van der Waals surface area contributed by atoms with Gasteiger partial charge in [0.1, 0.15) is 4.60 Å². The molecule has 0 saturated carbocycles. The number of aromatic nitrogens is 1. The fourth-order valence-corrected chi connectivity index (χ4v) is 1.05. The van der Waals surface area contributed by atoms with Gasteiger partial charge in [0.15, 0.2) is 5.82 Å². The lowest BCUT2D eigenvalue weighted by Gasteiger charge is -2.00. The lowest BCUT2D eigenvalue weighted by atomic mass is 10.2. The zero-order chi connectivity index (χ0) is 9.14. The summed E-state index contributed by atoms with van der Waals surface area (Å²) in [6.07, 6.45) is 0.995. The number of carbonyl (C=O) groups is 1. The zero-order valence-electron chi connectivity index (χ0n) is 6.27. The summed E-state index contributed by atoms with van der Waals surface area (Å²) in [5.41, 5.74) is -0.0145. The second-order valence-electron chi connectivity index (χ2n) is 2.07. The molecule has 0 atom stereocenters. The SMILES string of the molecule is CNC(=O)c1cc(Br)ncc1F. The number of hydrogen-bond acceptors (Lipinski definition) is 2. The van der Waals surface area contributed by atoms with Gasteiger partial charge in [0.2, 0.25) is 0 Å². The maximum absolute atomic E-state index is 12.9. The van der Waals surface area contributed by atoms with Crippen LogP contribution in [0.2, 0.25) is 0 Å². The smallest absolute Gasteiger partial charge is 0.254 e. The molecule has 0 aliphatic rings. The molecule has 0 aliphatic carbocycles. The lowest BCUT2D eigenvalue weighted by molar-refractivity contribution is 0.0959. The monoisotopic (exact) mass is 232 g/mol. The minimum Gasteiger partial charge on any atom is -0.355 e. The fraction of sp³-hybridized carbons (Fsp3) is 0.143. The van der Waals surface area contributed by atoms with Gasteiger partial charge >= 0.3 is 0 Å². The van der Waals surface area contributed by atoms with Crippen molar-refractivity contribution in [3.8, 4) is 0 Å². The van der Waals surface area contributed by atoms with Crippen LogP contribution >= 0.6 is 15.9 Å². The third kappa shape index (κ3) is 1.79. The number of nitrogens with zero attached hydrogens (tertiary/aromatic N) is 1. The molecule has 5 heteroatoms. The number of rotatable bonds is 1. The van der Waals surface area contributed by atoms with E-state index in [4.69, 9.17) is 0 Å². The molecule has 0 aromatic carbocycles. The molecule has 64 valence electrons. The average molecular weight is 233 g/mol. The number of nitrogens with one attached hydrogen (secondary N) is 1. The van der Waals surface area contributed by atoms with Crippen molar-refractivity contribution in [2.45, 2.75) is 0 Å². The largest absolute Gasteiger partial charge is 0.355 e. The predicted octanol–water partition coefficient (Wildman–Crippen LogP) is 1.34. The second kappa shape index (κ2) is 3.62. The quantitative estimate of drug-likeness (QED) is 0.743. The molecule has 0 saturated heterocycles. The van der Waals surface area contributed by atoms with Gasteiger partial charge in [0, 0.05) is 7.05 Å². The van der Waals surface area contributed by atoms with Crippen LogP contribution < -0.4 is 5.32 Å². The molecule has 12 heavy (non-hydrogen) atoms. The summed E-state index contributed by atoms with van der Waals surface area (Å²) in [6, 6.07) is 1.33. The van der Waals surface area contributed by atoms with E-state index in [0.717, 1.165) is 6.20 Å². The highest BCUT2D eigenvalue weighted by Crippen LogP contribution is 2.11. The van der Waals surface area contributed by atoms with Gasteiger partial charge in [-0.3, -0.25) is 4.79 Å². The van der Waals surface area contributed by atoms with Crippen molar-refractivity contribution in [2.75, 3.05) is 7.05 Å². The first-order valence-electron chi connectivity index (χ1n) is 3.18. The van der Waals surface area contributed by atoms with Gasteiger partial charge in [0.25, 0.3) is 5.91 Å². The number of pyridine rings is 1. The molecule has 1 rings (SSSR count). The Kier molecular flexibility index (Phi) is 2.75. The minimum absolute atomic E-state index is 0.0145. The van der Waals surface area contributed by atoms with Crippen molar-refractivity contribution in [1.29, 1.82) is 0 Å². The molecule has 1 amide bonds. The van der Waals surface area contributed by atoms with E-state index in [1.807, 2.05) is 0 Å². The molecular formula is C7H6BrFN2O. The van der Waals surface area contributed by atoms with Crippen molar-refractivity contribution < 1.29 is 9.18 Å². The Bertz CT molecular complexity index is 316. The molecule has 3 nitrogen and oxygen atoms in total. The second-order valence-corrected chi connectivity index (χ2v) is 2.88. The molecule has 1 heterocycles. The lowest BCUT2D eigenvalue weighted by Crippen LogP contribution is -2.19. The first-order chi connectivity index (χ1) is 5.65. The van der Waals surface area contributed by atoms with Crippen LogP contribution in [0, 0.1) is 5.82 Å². The highest BCUT2D eigenvalue weighted by atomic mass is 79.9. The van der Waals surface area contributed by atoms with Crippen LogP contribution in [0.4, 0.5) is 4.39 Å². The molecule has 0 spiro atoms. The Morgan fingerprint density at radius 3 is 3.00 bits per heavy atom. The van der Waals surface area contributed by atoms with Gasteiger partial charge in [0.05, 0.1) is 11.8 Å². The molecule has 0 radical (unpaired) electrons. The Hall–Kier alpha value is -0.970. The summed E-state index contributed by atoms with van der Waals surface area (Å²) < 4.78 is 13.3. The van der Waals surface area contributed by atoms with Crippen LogP contribution in [0.15, 0.2) is 16.9 Å². The Balaban J connectivity index is 3.13. The van der Waals surface area contributed by atoms with E-state index in [-0.39, 0.29) is 5.56 Å². The van der Waals surface area contributed by atoms with E-state index in [0.29, 0.717) is 4.60 Å². The van der Waals surface area contributed by atoms with E-state index in [9.17, 15) is 9.18 Å². The zero-order valence-corrected chi connectivity index (χ0v) is 7.85. The molecule has 0 bridgehead atoms. The molecule has 0 aliphatic heterocycles. The van der Waals surface area contributed by atoms with E-state index in [1.165, 1.54) is 13.1 Å². The number of carbonyl (C=O) groups excluding carboxylic acids is 1. The number of hydrogen-bond donors (Lipinski definition) is 1.